The second kappa shape index (κ2) is 5.61. The molecule has 0 aromatic heterocycles. The lowest BCUT2D eigenvalue weighted by Gasteiger charge is -2.32. The molecule has 1 aliphatic heterocycles. The molecule has 0 amide bonds. The molecule has 100 valence electrons. The number of nitrogens with one attached hydrogen (secondary N) is 1. The summed E-state index contributed by atoms with van der Waals surface area (Å²) in [5.74, 6) is 0. The number of piperazine rings is 1. The Labute approximate surface area is 113 Å². The summed E-state index contributed by atoms with van der Waals surface area (Å²) in [6.07, 6.45) is 1.94. The normalized spacial score (nSPS) is 22.0. The highest BCUT2D eigenvalue weighted by Gasteiger charge is 2.30. The fraction of sp³-hybridized carbons (Fsp3) is 0.500. The molecule has 2 rings (SSSR count). The molecule has 0 unspecified atom stereocenters. The van der Waals surface area contributed by atoms with Gasteiger partial charge < -0.3 is 5.32 Å². The maximum Gasteiger partial charge on any atom is 0.243 e. The van der Waals surface area contributed by atoms with E-state index in [1.54, 1.807) is 34.3 Å². The van der Waals surface area contributed by atoms with Gasteiger partial charge in [-0.1, -0.05) is 6.07 Å². The van der Waals surface area contributed by atoms with Gasteiger partial charge in [-0.05, 0) is 31.4 Å². The minimum atomic E-state index is -3.36. The van der Waals surface area contributed by atoms with Gasteiger partial charge in [0.05, 0.1) is 4.90 Å². The number of thioether (sulfide) groups is 1. The van der Waals surface area contributed by atoms with E-state index in [0.717, 1.165) is 4.90 Å². The van der Waals surface area contributed by atoms with Gasteiger partial charge in [-0.15, -0.1) is 11.8 Å². The van der Waals surface area contributed by atoms with Gasteiger partial charge in [0.15, 0.2) is 0 Å². The summed E-state index contributed by atoms with van der Waals surface area (Å²) in [5.41, 5.74) is 0. The Morgan fingerprint density at radius 1 is 1.44 bits per heavy atom. The lowest BCUT2D eigenvalue weighted by Crippen LogP contribution is -2.52. The van der Waals surface area contributed by atoms with E-state index in [4.69, 9.17) is 0 Å². The number of rotatable bonds is 3. The molecule has 0 spiro atoms. The Morgan fingerprint density at radius 3 is 2.89 bits per heavy atom. The van der Waals surface area contributed by atoms with E-state index in [-0.39, 0.29) is 6.04 Å². The first kappa shape index (κ1) is 13.9. The SMILES string of the molecule is CSc1cccc(S(=O)(=O)N2CCNC[C@H]2C)c1. The number of hydrogen-bond donors (Lipinski definition) is 1. The van der Waals surface area contributed by atoms with Crippen LogP contribution in [-0.2, 0) is 10.0 Å². The van der Waals surface area contributed by atoms with Gasteiger partial charge in [-0.3, -0.25) is 0 Å². The number of nitrogens with zero attached hydrogens (tertiary/aromatic N) is 1. The standard InChI is InChI=1S/C12H18N2O2S2/c1-10-9-13-6-7-14(10)18(15,16)12-5-3-4-11(8-12)17-2/h3-5,8,10,13H,6-7,9H2,1-2H3/t10-/m1/s1. The second-order valence-corrected chi connectivity index (χ2v) is 7.12. The molecule has 1 saturated heterocycles. The van der Waals surface area contributed by atoms with Gasteiger partial charge in [0.1, 0.15) is 0 Å². The third kappa shape index (κ3) is 2.71. The molecule has 6 heteroatoms. The minimum absolute atomic E-state index is 0.00156. The van der Waals surface area contributed by atoms with Crippen molar-refractivity contribution in [2.24, 2.45) is 0 Å². The Kier molecular flexibility index (Phi) is 4.32. The Bertz CT molecular complexity index is 517. The molecule has 1 atom stereocenters. The van der Waals surface area contributed by atoms with Gasteiger partial charge in [-0.25, -0.2) is 8.42 Å². The van der Waals surface area contributed by atoms with Gasteiger partial charge in [-0.2, -0.15) is 4.31 Å². The molecule has 1 aliphatic rings. The van der Waals surface area contributed by atoms with E-state index in [1.807, 2.05) is 19.2 Å². The zero-order chi connectivity index (χ0) is 13.2. The Morgan fingerprint density at radius 2 is 2.22 bits per heavy atom. The van der Waals surface area contributed by atoms with Crippen molar-refractivity contribution in [2.45, 2.75) is 22.8 Å². The fourth-order valence-corrected chi connectivity index (χ4v) is 4.29. The van der Waals surface area contributed by atoms with E-state index < -0.39 is 10.0 Å². The summed E-state index contributed by atoms with van der Waals surface area (Å²) >= 11 is 1.55. The second-order valence-electron chi connectivity index (χ2n) is 4.35. The van der Waals surface area contributed by atoms with Crippen molar-refractivity contribution in [3.8, 4) is 0 Å². The molecular formula is C12H18N2O2S2. The summed E-state index contributed by atoms with van der Waals surface area (Å²) in [6, 6.07) is 7.14. The quantitative estimate of drug-likeness (QED) is 0.853. The van der Waals surface area contributed by atoms with Crippen molar-refractivity contribution in [3.63, 3.8) is 0 Å². The molecule has 1 aromatic rings. The van der Waals surface area contributed by atoms with E-state index >= 15 is 0 Å². The monoisotopic (exact) mass is 286 g/mol. The third-order valence-electron chi connectivity index (χ3n) is 3.09. The number of hydrogen-bond acceptors (Lipinski definition) is 4. The van der Waals surface area contributed by atoms with Gasteiger partial charge in [0.25, 0.3) is 0 Å². The highest BCUT2D eigenvalue weighted by atomic mass is 32.2. The molecule has 0 radical (unpaired) electrons. The maximum atomic E-state index is 12.6. The highest BCUT2D eigenvalue weighted by Crippen LogP contribution is 2.23. The summed E-state index contributed by atoms with van der Waals surface area (Å²) in [6.45, 7) is 3.89. The summed E-state index contributed by atoms with van der Waals surface area (Å²) in [4.78, 5) is 1.36. The average molecular weight is 286 g/mol. The molecule has 1 heterocycles. The van der Waals surface area contributed by atoms with Crippen LogP contribution in [0.1, 0.15) is 6.92 Å². The zero-order valence-corrected chi connectivity index (χ0v) is 12.2. The number of benzene rings is 1. The van der Waals surface area contributed by atoms with Gasteiger partial charge in [0, 0.05) is 30.6 Å². The van der Waals surface area contributed by atoms with Crippen molar-refractivity contribution in [3.05, 3.63) is 24.3 Å². The van der Waals surface area contributed by atoms with Crippen LogP contribution in [0.5, 0.6) is 0 Å². The van der Waals surface area contributed by atoms with Crippen molar-refractivity contribution < 1.29 is 8.42 Å². The van der Waals surface area contributed by atoms with Gasteiger partial charge in [0.2, 0.25) is 10.0 Å². The molecule has 0 aliphatic carbocycles. The van der Waals surface area contributed by atoms with Crippen molar-refractivity contribution in [1.29, 1.82) is 0 Å². The molecule has 0 bridgehead atoms. The molecule has 1 fully saturated rings. The van der Waals surface area contributed by atoms with E-state index in [9.17, 15) is 8.42 Å². The Hall–Kier alpha value is -0.560. The van der Waals surface area contributed by atoms with Crippen LogP contribution in [0.15, 0.2) is 34.1 Å². The van der Waals surface area contributed by atoms with Crippen molar-refractivity contribution in [2.75, 3.05) is 25.9 Å². The predicted octanol–water partition coefficient (Wildman–Crippen LogP) is 1.39. The summed E-state index contributed by atoms with van der Waals surface area (Å²) in [5, 5.41) is 3.20. The van der Waals surface area contributed by atoms with Crippen LogP contribution in [0, 0.1) is 0 Å². The molecule has 0 saturated carbocycles. The van der Waals surface area contributed by atoms with E-state index in [1.165, 1.54) is 0 Å². The molecule has 18 heavy (non-hydrogen) atoms. The lowest BCUT2D eigenvalue weighted by atomic mass is 10.3. The first-order valence-electron chi connectivity index (χ1n) is 5.92. The first-order chi connectivity index (χ1) is 8.55. The van der Waals surface area contributed by atoms with Crippen LogP contribution < -0.4 is 5.32 Å². The summed E-state index contributed by atoms with van der Waals surface area (Å²) in [7, 11) is -3.36. The smallest absolute Gasteiger partial charge is 0.243 e. The average Bonchev–Trinajstić information content (AvgIpc) is 2.39. The molecule has 1 aromatic carbocycles. The third-order valence-corrected chi connectivity index (χ3v) is 5.82. The molecular weight excluding hydrogens is 268 g/mol. The lowest BCUT2D eigenvalue weighted by molar-refractivity contribution is 0.284. The zero-order valence-electron chi connectivity index (χ0n) is 10.6. The molecule has 4 nitrogen and oxygen atoms in total. The first-order valence-corrected chi connectivity index (χ1v) is 8.59. The number of sulfonamides is 1. The molecule has 1 N–H and O–H groups in total. The van der Waals surface area contributed by atoms with Crippen LogP contribution in [0.25, 0.3) is 0 Å². The van der Waals surface area contributed by atoms with E-state index in [0.29, 0.717) is 24.5 Å². The highest BCUT2D eigenvalue weighted by molar-refractivity contribution is 7.98. The van der Waals surface area contributed by atoms with Crippen LogP contribution >= 0.6 is 11.8 Å². The predicted molar refractivity (Wildman–Crippen MR) is 74.4 cm³/mol. The summed E-state index contributed by atoms with van der Waals surface area (Å²) < 4.78 is 26.7. The van der Waals surface area contributed by atoms with Crippen LogP contribution in [0.4, 0.5) is 0 Å². The van der Waals surface area contributed by atoms with Crippen molar-refractivity contribution >= 4 is 21.8 Å². The van der Waals surface area contributed by atoms with Crippen LogP contribution in [0.2, 0.25) is 0 Å². The fourth-order valence-electron chi connectivity index (χ4n) is 2.08. The Balaban J connectivity index is 2.34. The topological polar surface area (TPSA) is 49.4 Å². The van der Waals surface area contributed by atoms with Gasteiger partial charge >= 0.3 is 0 Å². The maximum absolute atomic E-state index is 12.6. The minimum Gasteiger partial charge on any atom is -0.314 e. The largest absolute Gasteiger partial charge is 0.314 e. The van der Waals surface area contributed by atoms with Crippen LogP contribution in [-0.4, -0.2) is 44.7 Å². The van der Waals surface area contributed by atoms with Crippen LogP contribution in [0.3, 0.4) is 0 Å². The van der Waals surface area contributed by atoms with Crippen molar-refractivity contribution in [1.82, 2.24) is 9.62 Å². The van der Waals surface area contributed by atoms with E-state index in [2.05, 4.69) is 5.32 Å².